The summed E-state index contributed by atoms with van der Waals surface area (Å²) in [5.74, 6) is -0.0203. The maximum absolute atomic E-state index is 13.1. The van der Waals surface area contributed by atoms with Gasteiger partial charge in [-0.1, -0.05) is 17.8 Å². The smallest absolute Gasteiger partial charge is 0.416 e. The Bertz CT molecular complexity index is 1370. The molecule has 0 saturated carbocycles. The van der Waals surface area contributed by atoms with Crippen LogP contribution in [0.15, 0.2) is 65.1 Å². The van der Waals surface area contributed by atoms with Crippen molar-refractivity contribution in [3.05, 3.63) is 71.1 Å². The molecule has 0 radical (unpaired) electrons. The molecule has 0 aliphatic carbocycles. The van der Waals surface area contributed by atoms with Crippen LogP contribution in [0, 0.1) is 0 Å². The van der Waals surface area contributed by atoms with E-state index in [1.807, 2.05) is 24.4 Å². The van der Waals surface area contributed by atoms with Gasteiger partial charge in [-0.3, -0.25) is 9.36 Å². The van der Waals surface area contributed by atoms with Crippen LogP contribution in [-0.2, 0) is 17.1 Å². The number of amides is 1. The number of nitrogens with zero attached hydrogens (tertiary/aromatic N) is 3. The van der Waals surface area contributed by atoms with E-state index in [4.69, 9.17) is 4.74 Å². The zero-order valence-electron chi connectivity index (χ0n) is 19.4. The molecule has 0 spiro atoms. The summed E-state index contributed by atoms with van der Waals surface area (Å²) in [7, 11) is 0. The summed E-state index contributed by atoms with van der Waals surface area (Å²) in [5, 5.41) is 12.7. The molecule has 2 heterocycles. The van der Waals surface area contributed by atoms with Crippen LogP contribution in [-0.4, -0.2) is 33.0 Å². The highest BCUT2D eigenvalue weighted by Crippen LogP contribution is 2.38. The van der Waals surface area contributed by atoms with Crippen molar-refractivity contribution >= 4 is 34.7 Å². The third kappa shape index (κ3) is 6.48. The van der Waals surface area contributed by atoms with Crippen LogP contribution in [0.5, 0.6) is 5.75 Å². The van der Waals surface area contributed by atoms with Gasteiger partial charge in [-0.25, -0.2) is 0 Å². The Balaban J connectivity index is 1.57. The molecule has 2 aromatic heterocycles. The van der Waals surface area contributed by atoms with E-state index in [2.05, 4.69) is 15.5 Å². The highest BCUT2D eigenvalue weighted by atomic mass is 32.2. The molecule has 4 aromatic rings. The van der Waals surface area contributed by atoms with Gasteiger partial charge in [-0.2, -0.15) is 26.3 Å². The van der Waals surface area contributed by atoms with Gasteiger partial charge in [0, 0.05) is 5.69 Å². The molecule has 0 fully saturated rings. The molecule has 0 unspecified atom stereocenters. The zero-order chi connectivity index (χ0) is 27.5. The molecule has 0 atom stereocenters. The van der Waals surface area contributed by atoms with Gasteiger partial charge in [0.1, 0.15) is 5.75 Å². The molecule has 38 heavy (non-hydrogen) atoms. The number of halogens is 6. The van der Waals surface area contributed by atoms with Crippen molar-refractivity contribution in [1.82, 2.24) is 14.8 Å². The van der Waals surface area contributed by atoms with Gasteiger partial charge < -0.3 is 10.1 Å². The fourth-order valence-corrected chi connectivity index (χ4v) is 4.82. The van der Waals surface area contributed by atoms with Gasteiger partial charge >= 0.3 is 12.4 Å². The summed E-state index contributed by atoms with van der Waals surface area (Å²) < 4.78 is 85.9. The Labute approximate surface area is 220 Å². The van der Waals surface area contributed by atoms with E-state index >= 15 is 0 Å². The first-order valence-corrected chi connectivity index (χ1v) is 12.8. The van der Waals surface area contributed by atoms with Crippen molar-refractivity contribution in [2.75, 3.05) is 17.7 Å². The standard InChI is InChI=1S/C24H18F6N4O2S2/c1-2-36-18-7-5-17(6-8-18)34-21(19-4-3-9-37-19)32-33-22(34)38-13-20(35)31-16-11-14(23(25,26)27)10-15(12-16)24(28,29)30/h3-12H,2,13H2,1H3,(H,31,35). The first-order valence-electron chi connectivity index (χ1n) is 10.9. The number of alkyl halides is 6. The minimum atomic E-state index is -5.03. The second-order valence-electron chi connectivity index (χ2n) is 7.68. The van der Waals surface area contributed by atoms with Crippen molar-refractivity contribution in [3.63, 3.8) is 0 Å². The van der Waals surface area contributed by atoms with Crippen LogP contribution in [0.25, 0.3) is 16.4 Å². The fraction of sp³-hybridized carbons (Fsp3) is 0.208. The SMILES string of the molecule is CCOc1ccc(-n2c(SCC(=O)Nc3cc(C(F)(F)F)cc(C(F)(F)F)c3)nnc2-c2cccs2)cc1. The first-order chi connectivity index (χ1) is 18.0. The van der Waals surface area contributed by atoms with E-state index in [0.29, 0.717) is 41.2 Å². The highest BCUT2D eigenvalue weighted by molar-refractivity contribution is 7.99. The zero-order valence-corrected chi connectivity index (χ0v) is 21.1. The fourth-order valence-electron chi connectivity index (χ4n) is 3.37. The Kier molecular flexibility index (Phi) is 8.02. The molecule has 1 amide bonds. The molecule has 0 aliphatic rings. The van der Waals surface area contributed by atoms with E-state index < -0.39 is 35.1 Å². The summed E-state index contributed by atoms with van der Waals surface area (Å²) >= 11 is 2.35. The van der Waals surface area contributed by atoms with E-state index in [0.717, 1.165) is 16.6 Å². The molecule has 200 valence electrons. The number of ether oxygens (including phenoxy) is 1. The van der Waals surface area contributed by atoms with E-state index in [1.54, 1.807) is 28.8 Å². The van der Waals surface area contributed by atoms with Gasteiger partial charge in [-0.05, 0) is 60.8 Å². The summed E-state index contributed by atoms with van der Waals surface area (Å²) in [6.45, 7) is 2.34. The first kappa shape index (κ1) is 27.5. The van der Waals surface area contributed by atoms with E-state index in [9.17, 15) is 31.1 Å². The average molecular weight is 573 g/mol. The maximum atomic E-state index is 13.1. The summed E-state index contributed by atoms with van der Waals surface area (Å²) in [5.41, 5.74) is -3.00. The molecule has 6 nitrogen and oxygen atoms in total. The predicted octanol–water partition coefficient (Wildman–Crippen LogP) is 7.16. The lowest BCUT2D eigenvalue weighted by atomic mass is 10.1. The van der Waals surface area contributed by atoms with Crippen molar-refractivity contribution in [2.45, 2.75) is 24.4 Å². The number of carbonyl (C=O) groups excluding carboxylic acids is 1. The topological polar surface area (TPSA) is 69.0 Å². The summed E-state index contributed by atoms with van der Waals surface area (Å²) in [6.07, 6.45) is -10.1. The van der Waals surface area contributed by atoms with Crippen LogP contribution in [0.2, 0.25) is 0 Å². The number of benzene rings is 2. The predicted molar refractivity (Wildman–Crippen MR) is 132 cm³/mol. The summed E-state index contributed by atoms with van der Waals surface area (Å²) in [4.78, 5) is 13.3. The van der Waals surface area contributed by atoms with Gasteiger partial charge in [0.15, 0.2) is 11.0 Å². The molecule has 0 saturated heterocycles. The largest absolute Gasteiger partial charge is 0.494 e. The maximum Gasteiger partial charge on any atom is 0.416 e. The van der Waals surface area contributed by atoms with Crippen LogP contribution < -0.4 is 10.1 Å². The Morgan fingerprint density at radius 2 is 1.66 bits per heavy atom. The molecule has 1 N–H and O–H groups in total. The van der Waals surface area contributed by atoms with Gasteiger partial charge in [-0.15, -0.1) is 21.5 Å². The number of carbonyl (C=O) groups is 1. The van der Waals surface area contributed by atoms with E-state index in [-0.39, 0.29) is 11.8 Å². The molecule has 0 bridgehead atoms. The van der Waals surface area contributed by atoms with Gasteiger partial charge in [0.05, 0.1) is 34.1 Å². The second kappa shape index (κ2) is 11.1. The third-order valence-corrected chi connectivity index (χ3v) is 6.78. The number of thiophene rings is 1. The normalized spacial score (nSPS) is 12.0. The quantitative estimate of drug-likeness (QED) is 0.179. The minimum Gasteiger partial charge on any atom is -0.494 e. The van der Waals surface area contributed by atoms with Crippen molar-refractivity contribution in [3.8, 4) is 22.1 Å². The average Bonchev–Trinajstić information content (AvgIpc) is 3.52. The number of aromatic nitrogens is 3. The number of thioether (sulfide) groups is 1. The van der Waals surface area contributed by atoms with Crippen LogP contribution in [0.4, 0.5) is 32.0 Å². The van der Waals surface area contributed by atoms with Crippen molar-refractivity contribution in [1.29, 1.82) is 0 Å². The lowest BCUT2D eigenvalue weighted by molar-refractivity contribution is -0.143. The number of anilines is 1. The lowest BCUT2D eigenvalue weighted by Crippen LogP contribution is -2.17. The number of nitrogens with one attached hydrogen (secondary N) is 1. The van der Waals surface area contributed by atoms with Crippen molar-refractivity contribution in [2.24, 2.45) is 0 Å². The molecule has 0 aliphatic heterocycles. The Morgan fingerprint density at radius 3 is 2.21 bits per heavy atom. The van der Waals surface area contributed by atoms with Gasteiger partial charge in [0.2, 0.25) is 5.91 Å². The molecular formula is C24H18F6N4O2S2. The number of hydrogen-bond donors (Lipinski definition) is 1. The number of hydrogen-bond acceptors (Lipinski definition) is 6. The Morgan fingerprint density at radius 1 is 1.00 bits per heavy atom. The highest BCUT2D eigenvalue weighted by Gasteiger charge is 2.37. The second-order valence-corrected chi connectivity index (χ2v) is 9.57. The van der Waals surface area contributed by atoms with Crippen LogP contribution in [0.3, 0.4) is 0 Å². The summed E-state index contributed by atoms with van der Waals surface area (Å²) in [6, 6.07) is 11.6. The van der Waals surface area contributed by atoms with Crippen LogP contribution in [0.1, 0.15) is 18.1 Å². The minimum absolute atomic E-state index is 0.00416. The Hall–Kier alpha value is -3.52. The van der Waals surface area contributed by atoms with Gasteiger partial charge in [0.25, 0.3) is 0 Å². The molecule has 4 rings (SSSR count). The van der Waals surface area contributed by atoms with Crippen LogP contribution >= 0.6 is 23.1 Å². The number of rotatable bonds is 8. The monoisotopic (exact) mass is 572 g/mol. The third-order valence-electron chi connectivity index (χ3n) is 4.98. The molecular weight excluding hydrogens is 554 g/mol. The molecule has 2 aromatic carbocycles. The lowest BCUT2D eigenvalue weighted by Gasteiger charge is -2.15. The van der Waals surface area contributed by atoms with E-state index in [1.165, 1.54) is 11.3 Å². The molecule has 14 heteroatoms. The van der Waals surface area contributed by atoms with Crippen molar-refractivity contribution < 1.29 is 35.9 Å².